The summed E-state index contributed by atoms with van der Waals surface area (Å²) in [5.74, 6) is 0. The van der Waals surface area contributed by atoms with Gasteiger partial charge in [-0.05, 0) is 0 Å². The van der Waals surface area contributed by atoms with Crippen molar-refractivity contribution in [1.29, 1.82) is 0 Å². The standard InChI is InChI=1S/C6H15I2O3P/c1-4-9-12(7,8,10-5-2)11-6-3/h4-6H2,1-3H3. The molecule has 6 heteroatoms. The van der Waals surface area contributed by atoms with Crippen LogP contribution in [0.3, 0.4) is 0 Å². The third-order valence-electron chi connectivity index (χ3n) is 0.996. The third-order valence-corrected chi connectivity index (χ3v) is 8.00. The van der Waals surface area contributed by atoms with E-state index >= 15 is 0 Å². The minimum atomic E-state index is -2.77. The van der Waals surface area contributed by atoms with E-state index in [1.165, 1.54) is 0 Å². The van der Waals surface area contributed by atoms with Crippen LogP contribution in [0.15, 0.2) is 0 Å². The fraction of sp³-hybridized carbons (Fsp3) is 1.00. The van der Waals surface area contributed by atoms with E-state index in [2.05, 4.69) is 44.1 Å². The first-order valence-electron chi connectivity index (χ1n) is 3.87. The van der Waals surface area contributed by atoms with Crippen LogP contribution in [-0.2, 0) is 13.6 Å². The van der Waals surface area contributed by atoms with Gasteiger partial charge in [0.15, 0.2) is 0 Å². The van der Waals surface area contributed by atoms with E-state index in [0.717, 1.165) is 0 Å². The Bertz CT molecular complexity index is 119. The molecule has 76 valence electrons. The molecule has 0 aliphatic rings. The Hall–Kier alpha value is 1.77. The van der Waals surface area contributed by atoms with Crippen LogP contribution in [0, 0.1) is 0 Å². The van der Waals surface area contributed by atoms with Crippen LogP contribution < -0.4 is 0 Å². The van der Waals surface area contributed by atoms with Gasteiger partial charge >= 0.3 is 101 Å². The Morgan fingerprint density at radius 3 is 1.25 bits per heavy atom. The molecular weight excluding hydrogens is 405 g/mol. The molecule has 0 radical (unpaired) electrons. The molecule has 0 aliphatic heterocycles. The summed E-state index contributed by atoms with van der Waals surface area (Å²) in [6.45, 7) is 7.67. The van der Waals surface area contributed by atoms with Gasteiger partial charge in [-0.15, -0.1) is 0 Å². The molecule has 0 heterocycles. The molecule has 0 saturated heterocycles. The molecule has 0 aromatic heterocycles. The summed E-state index contributed by atoms with van der Waals surface area (Å²) >= 11 is 4.32. The second kappa shape index (κ2) is 5.60. The molecule has 0 bridgehead atoms. The monoisotopic (exact) mass is 420 g/mol. The zero-order chi connectivity index (χ0) is 9.69. The van der Waals surface area contributed by atoms with Crippen LogP contribution in [0.1, 0.15) is 20.8 Å². The zero-order valence-corrected chi connectivity index (χ0v) is 12.8. The van der Waals surface area contributed by atoms with Crippen molar-refractivity contribution in [3.05, 3.63) is 0 Å². The third kappa shape index (κ3) is 4.85. The van der Waals surface area contributed by atoms with Gasteiger partial charge in [0.05, 0.1) is 0 Å². The quantitative estimate of drug-likeness (QED) is 0.479. The van der Waals surface area contributed by atoms with E-state index in [1.54, 1.807) is 0 Å². The van der Waals surface area contributed by atoms with Gasteiger partial charge < -0.3 is 0 Å². The van der Waals surface area contributed by atoms with Crippen molar-refractivity contribution < 1.29 is 13.6 Å². The van der Waals surface area contributed by atoms with Gasteiger partial charge in [-0.2, -0.15) is 0 Å². The summed E-state index contributed by atoms with van der Waals surface area (Å²) in [6.07, 6.45) is 0. The van der Waals surface area contributed by atoms with Crippen LogP contribution in [0.5, 0.6) is 0 Å². The Morgan fingerprint density at radius 2 is 1.08 bits per heavy atom. The van der Waals surface area contributed by atoms with Gasteiger partial charge in [-0.3, -0.25) is 0 Å². The van der Waals surface area contributed by atoms with Gasteiger partial charge in [0.2, 0.25) is 0 Å². The van der Waals surface area contributed by atoms with E-state index in [-0.39, 0.29) is 0 Å². The predicted octanol–water partition coefficient (Wildman–Crippen LogP) is 4.09. The second-order valence-electron chi connectivity index (χ2n) is 1.95. The molecule has 0 atom stereocenters. The van der Waals surface area contributed by atoms with Crippen molar-refractivity contribution in [2.24, 2.45) is 0 Å². The van der Waals surface area contributed by atoms with Crippen molar-refractivity contribution in [2.45, 2.75) is 20.8 Å². The van der Waals surface area contributed by atoms with Crippen molar-refractivity contribution in [3.8, 4) is 0 Å². The molecule has 12 heavy (non-hydrogen) atoms. The molecule has 3 nitrogen and oxygen atoms in total. The van der Waals surface area contributed by atoms with Gasteiger partial charge in [-0.1, -0.05) is 0 Å². The predicted molar refractivity (Wildman–Crippen MR) is 69.8 cm³/mol. The van der Waals surface area contributed by atoms with Crippen molar-refractivity contribution in [2.75, 3.05) is 19.8 Å². The molecular formula is C6H15I2O3P. The van der Waals surface area contributed by atoms with E-state index < -0.39 is 2.57 Å². The van der Waals surface area contributed by atoms with Crippen LogP contribution in [-0.4, -0.2) is 19.8 Å². The Kier molecular flexibility index (Phi) is 6.43. The fourth-order valence-corrected chi connectivity index (χ4v) is 7.18. The van der Waals surface area contributed by atoms with E-state index in [0.29, 0.717) is 19.8 Å². The number of rotatable bonds is 6. The molecule has 0 fully saturated rings. The van der Waals surface area contributed by atoms with Crippen molar-refractivity contribution >= 4 is 46.7 Å². The summed E-state index contributed by atoms with van der Waals surface area (Å²) in [7, 11) is 0. The normalized spacial score (nSPS) is 15.6. The molecule has 0 aromatic rings. The number of hydrogen-bond acceptors (Lipinski definition) is 3. The van der Waals surface area contributed by atoms with E-state index in [4.69, 9.17) is 13.6 Å². The molecule has 0 N–H and O–H groups in total. The molecule has 0 amide bonds. The SMILES string of the molecule is CCOP(I)(I)(OCC)OCC. The topological polar surface area (TPSA) is 27.7 Å². The molecule has 0 unspecified atom stereocenters. The molecule has 0 spiro atoms. The minimum absolute atomic E-state index is 0.615. The Labute approximate surface area is 100 Å². The number of halogens is 2. The second-order valence-corrected chi connectivity index (χ2v) is 19.7. The average molecular weight is 420 g/mol. The van der Waals surface area contributed by atoms with Crippen molar-refractivity contribution in [3.63, 3.8) is 0 Å². The van der Waals surface area contributed by atoms with E-state index in [1.807, 2.05) is 20.8 Å². The maximum atomic E-state index is 5.56. The summed E-state index contributed by atoms with van der Waals surface area (Å²) in [4.78, 5) is 0. The van der Waals surface area contributed by atoms with Crippen LogP contribution in [0.25, 0.3) is 0 Å². The first kappa shape index (κ1) is 13.8. The molecule has 0 aliphatic carbocycles. The Balaban J connectivity index is 4.31. The van der Waals surface area contributed by atoms with E-state index in [9.17, 15) is 0 Å². The average Bonchev–Trinajstić information content (AvgIpc) is 1.86. The van der Waals surface area contributed by atoms with Gasteiger partial charge in [0.1, 0.15) is 0 Å². The zero-order valence-electron chi connectivity index (χ0n) is 7.55. The van der Waals surface area contributed by atoms with Gasteiger partial charge in [0, 0.05) is 0 Å². The first-order chi connectivity index (χ1) is 5.46. The molecule has 0 rings (SSSR count). The maximum absolute atomic E-state index is 5.56. The summed E-state index contributed by atoms with van der Waals surface area (Å²) in [5, 5.41) is 0. The van der Waals surface area contributed by atoms with Crippen LogP contribution in [0.2, 0.25) is 0 Å². The Morgan fingerprint density at radius 1 is 0.833 bits per heavy atom. The first-order valence-corrected chi connectivity index (χ1v) is 11.4. The van der Waals surface area contributed by atoms with Crippen LogP contribution in [0.4, 0.5) is 0 Å². The van der Waals surface area contributed by atoms with Gasteiger partial charge in [0.25, 0.3) is 0 Å². The fourth-order valence-electron chi connectivity index (χ4n) is 0.721. The van der Waals surface area contributed by atoms with Crippen LogP contribution >= 0.6 is 46.7 Å². The summed E-state index contributed by atoms with van der Waals surface area (Å²) in [6, 6.07) is 0. The summed E-state index contributed by atoms with van der Waals surface area (Å²) < 4.78 is 13.9. The van der Waals surface area contributed by atoms with Crippen molar-refractivity contribution in [1.82, 2.24) is 0 Å². The number of hydrogen-bond donors (Lipinski definition) is 0. The molecule has 0 saturated carbocycles. The summed E-state index contributed by atoms with van der Waals surface area (Å²) in [5.41, 5.74) is 0. The molecule has 0 aromatic carbocycles. The van der Waals surface area contributed by atoms with Gasteiger partial charge in [-0.25, -0.2) is 0 Å².